The third-order valence-corrected chi connectivity index (χ3v) is 0. The van der Waals surface area contributed by atoms with Gasteiger partial charge in [0.25, 0.3) is 0 Å². The van der Waals surface area contributed by atoms with Crippen LogP contribution >= 0.6 is 0 Å². The number of hydrogen-bond acceptors (Lipinski definition) is 9. The quantitative estimate of drug-likeness (QED) is 0.416. The van der Waals surface area contributed by atoms with E-state index in [1.54, 1.807) is 0 Å². The van der Waals surface area contributed by atoms with E-state index in [4.69, 9.17) is 0 Å². The average molecular weight is 252 g/mol. The fourth-order valence-electron chi connectivity index (χ4n) is 0. The van der Waals surface area contributed by atoms with Crippen LogP contribution in [0.3, 0.4) is 0 Å². The van der Waals surface area contributed by atoms with E-state index >= 15 is 0 Å². The molecule has 75 valence electrons. The third kappa shape index (κ3) is 484. The summed E-state index contributed by atoms with van der Waals surface area (Å²) in [7, 11) is 0. The summed E-state index contributed by atoms with van der Waals surface area (Å²) < 4.78 is 0. The Kier molecular flexibility index (Phi) is 41900. The predicted molar refractivity (Wildman–Crippen MR) is 28.9 cm³/mol. The zero-order valence-corrected chi connectivity index (χ0v) is 9.94. The van der Waals surface area contributed by atoms with E-state index in [2.05, 4.69) is 0 Å². The van der Waals surface area contributed by atoms with Crippen LogP contribution in [0.4, 0.5) is 0 Å². The van der Waals surface area contributed by atoms with Gasteiger partial charge in [-0.25, -0.2) is 0 Å². The van der Waals surface area contributed by atoms with Gasteiger partial charge in [0.2, 0.25) is 0 Å². The van der Waals surface area contributed by atoms with Gasteiger partial charge in [-0.05, 0) is 0 Å². The molecule has 0 heterocycles. The van der Waals surface area contributed by atoms with Crippen LogP contribution in [0.1, 0.15) is 0 Å². The molecule has 0 aromatic heterocycles. The molecule has 0 aromatic carbocycles. The summed E-state index contributed by atoms with van der Waals surface area (Å²) in [5.41, 5.74) is 0. The van der Waals surface area contributed by atoms with E-state index < -0.39 is 0 Å². The average Bonchev–Trinajstić information content (AvgIpc) is 0. The van der Waals surface area contributed by atoms with Crippen molar-refractivity contribution in [1.29, 1.82) is 0 Å². The van der Waals surface area contributed by atoms with Gasteiger partial charge in [0.1, 0.15) is 0 Å². The summed E-state index contributed by atoms with van der Waals surface area (Å²) in [6.07, 6.45) is 0. The first-order valence-corrected chi connectivity index (χ1v) is 0. The number of rotatable bonds is 0. The maximum absolute atomic E-state index is 0. The first-order chi connectivity index (χ1) is 0. The minimum Gasteiger partial charge on any atom is -0.870 e. The minimum absolute atomic E-state index is 0. The summed E-state index contributed by atoms with van der Waals surface area (Å²) in [6, 6.07) is 0. The van der Waals surface area contributed by atoms with Gasteiger partial charge in [-0.3, -0.25) is 0 Å². The van der Waals surface area contributed by atoms with Crippen molar-refractivity contribution >= 4 is 40.4 Å². The second-order valence-corrected chi connectivity index (χ2v) is 0. The smallest absolute Gasteiger partial charge is 0.870 e. The molecule has 9 N–H and O–H groups in total. The minimum atomic E-state index is 0. The summed E-state index contributed by atoms with van der Waals surface area (Å²) in [6.45, 7) is 0. The molecule has 0 saturated heterocycles. The van der Waals surface area contributed by atoms with Crippen LogP contribution in [0.2, 0.25) is 0 Å². The SMILES string of the molecule is [Al].[Mg+2].[OH-].[OH-].[OH-].[OH-].[OH-].[OH-].[OH-].[OH-].[OH-].[Ti+4]. The largest absolute Gasteiger partial charge is 4.00 e. The molecule has 9 nitrogen and oxygen atoms in total. The normalized spacial score (nSPS) is 0. The molecule has 0 rings (SSSR count). The van der Waals surface area contributed by atoms with Gasteiger partial charge in [0.15, 0.2) is 0 Å². The maximum Gasteiger partial charge on any atom is 4.00 e. The summed E-state index contributed by atoms with van der Waals surface area (Å²) in [4.78, 5) is 0. The molecule has 3 radical (unpaired) electrons. The molecule has 0 aliphatic carbocycles. The van der Waals surface area contributed by atoms with Gasteiger partial charge >= 0.3 is 44.8 Å². The molecular weight excluding hydrogens is 243 g/mol. The maximum atomic E-state index is 0. The molecular formula is H9AlMgO9Ti-3. The zero-order valence-electron chi connectivity index (χ0n) is 5.81. The molecule has 0 fully saturated rings. The van der Waals surface area contributed by atoms with Gasteiger partial charge in [-0.2, -0.15) is 0 Å². The Morgan fingerprint density at radius 2 is 0.333 bits per heavy atom. The standard InChI is InChI=1S/Al.Mg.9H2O.Ti/h;;9*1H2;/q;+2;;;;;;;;;;+4/p-9. The molecule has 0 bridgehead atoms. The fraction of sp³-hybridized carbons (Fsp3) is 0. The molecule has 0 unspecified atom stereocenters. The molecule has 0 saturated carbocycles. The van der Waals surface area contributed by atoms with Crippen molar-refractivity contribution in [1.82, 2.24) is 0 Å². The van der Waals surface area contributed by atoms with Crippen molar-refractivity contribution in [2.24, 2.45) is 0 Å². The molecule has 0 atom stereocenters. The first-order valence-electron chi connectivity index (χ1n) is 0. The van der Waals surface area contributed by atoms with Gasteiger partial charge < -0.3 is 49.3 Å². The van der Waals surface area contributed by atoms with E-state index in [1.807, 2.05) is 0 Å². The molecule has 12 heavy (non-hydrogen) atoms. The summed E-state index contributed by atoms with van der Waals surface area (Å²) in [5.74, 6) is 0. The monoisotopic (exact) mass is 252 g/mol. The van der Waals surface area contributed by atoms with Crippen molar-refractivity contribution < 1.29 is 71.0 Å². The van der Waals surface area contributed by atoms with Gasteiger partial charge in [-0.15, -0.1) is 0 Å². The van der Waals surface area contributed by atoms with Crippen molar-refractivity contribution in [2.45, 2.75) is 0 Å². The van der Waals surface area contributed by atoms with Crippen LogP contribution in [0.15, 0.2) is 0 Å². The second-order valence-electron chi connectivity index (χ2n) is 0. The van der Waals surface area contributed by atoms with E-state index in [-0.39, 0.29) is 111 Å². The Labute approximate surface area is 111 Å². The van der Waals surface area contributed by atoms with E-state index in [0.29, 0.717) is 0 Å². The molecule has 0 spiro atoms. The van der Waals surface area contributed by atoms with Crippen LogP contribution in [-0.4, -0.2) is 89.7 Å². The van der Waals surface area contributed by atoms with E-state index in [0.717, 1.165) is 0 Å². The van der Waals surface area contributed by atoms with Crippen LogP contribution < -0.4 is 0 Å². The first kappa shape index (κ1) is 800. The molecule has 12 heteroatoms. The van der Waals surface area contributed by atoms with Crippen LogP contribution in [0.5, 0.6) is 0 Å². The van der Waals surface area contributed by atoms with Crippen molar-refractivity contribution in [3.63, 3.8) is 0 Å². The summed E-state index contributed by atoms with van der Waals surface area (Å²) >= 11 is 0. The van der Waals surface area contributed by atoms with Gasteiger partial charge in [0, 0.05) is 17.4 Å². The predicted octanol–water partition coefficient (Wildman–Crippen LogP) is -2.36. The Balaban J connectivity index is 0. The number of hydrogen-bond donors (Lipinski definition) is 0. The second kappa shape index (κ2) is 629. The third-order valence-electron chi connectivity index (χ3n) is 0. The molecule has 0 aliphatic heterocycles. The Hall–Kier alpha value is 1.65. The van der Waals surface area contributed by atoms with Crippen LogP contribution in [0.25, 0.3) is 0 Å². The van der Waals surface area contributed by atoms with Crippen LogP contribution in [0, 0.1) is 0 Å². The van der Waals surface area contributed by atoms with Crippen molar-refractivity contribution in [2.75, 3.05) is 0 Å². The van der Waals surface area contributed by atoms with Crippen molar-refractivity contribution in [3.8, 4) is 0 Å². The van der Waals surface area contributed by atoms with Gasteiger partial charge in [0.05, 0.1) is 0 Å². The van der Waals surface area contributed by atoms with Gasteiger partial charge in [-0.1, -0.05) is 0 Å². The van der Waals surface area contributed by atoms with Crippen molar-refractivity contribution in [3.05, 3.63) is 0 Å². The molecule has 0 aromatic rings. The summed E-state index contributed by atoms with van der Waals surface area (Å²) in [5, 5.41) is 0. The Morgan fingerprint density at radius 3 is 0.333 bits per heavy atom. The molecule has 0 aliphatic rings. The van der Waals surface area contributed by atoms with E-state index in [9.17, 15) is 0 Å². The fourth-order valence-corrected chi connectivity index (χ4v) is 0. The topological polar surface area (TPSA) is 270 Å². The Bertz CT molecular complexity index is 14.5. The van der Waals surface area contributed by atoms with Crippen LogP contribution in [-0.2, 0) is 21.7 Å². The Morgan fingerprint density at radius 1 is 0.333 bits per heavy atom. The molecule has 0 amide bonds. The van der Waals surface area contributed by atoms with E-state index in [1.165, 1.54) is 0 Å². The zero-order chi connectivity index (χ0) is 0.